The van der Waals surface area contributed by atoms with Gasteiger partial charge in [-0.15, -0.1) is 0 Å². The van der Waals surface area contributed by atoms with Crippen LogP contribution in [0.2, 0.25) is 10.0 Å². The molecule has 0 N–H and O–H groups in total. The third-order valence-electron chi connectivity index (χ3n) is 4.94. The molecule has 4 nitrogen and oxygen atoms in total. The number of hydrogen-bond donors (Lipinski definition) is 0. The summed E-state index contributed by atoms with van der Waals surface area (Å²) in [6.07, 6.45) is 4.72. The summed E-state index contributed by atoms with van der Waals surface area (Å²) in [4.78, 5) is 2.29. The second-order valence-corrected chi connectivity index (χ2v) is 9.75. The van der Waals surface area contributed by atoms with Crippen molar-refractivity contribution in [3.8, 4) is 11.1 Å². The fourth-order valence-electron chi connectivity index (χ4n) is 3.46. The molecule has 0 bridgehead atoms. The fraction of sp³-hybridized carbons (Fsp3) is 0.400. The zero-order valence-electron chi connectivity index (χ0n) is 15.7. The Morgan fingerprint density at radius 1 is 1.04 bits per heavy atom. The van der Waals surface area contributed by atoms with E-state index in [4.69, 9.17) is 23.2 Å². The second kappa shape index (κ2) is 8.99. The molecule has 8 heteroatoms. The number of piperidine rings is 1. The van der Waals surface area contributed by atoms with Crippen LogP contribution in [0.1, 0.15) is 19.3 Å². The Kier molecular flexibility index (Phi) is 6.86. The van der Waals surface area contributed by atoms with Crippen molar-refractivity contribution >= 4 is 38.9 Å². The van der Waals surface area contributed by atoms with Crippen LogP contribution in [-0.4, -0.2) is 45.8 Å². The van der Waals surface area contributed by atoms with Gasteiger partial charge in [-0.3, -0.25) is 4.31 Å². The molecule has 3 rings (SSSR count). The topological polar surface area (TPSA) is 40.6 Å². The number of hydrogen-bond acceptors (Lipinski definition) is 3. The van der Waals surface area contributed by atoms with Gasteiger partial charge in [0.15, 0.2) is 0 Å². The van der Waals surface area contributed by atoms with Crippen molar-refractivity contribution in [2.24, 2.45) is 0 Å². The number of nitrogens with zero attached hydrogens (tertiary/aromatic N) is 2. The van der Waals surface area contributed by atoms with Gasteiger partial charge in [-0.2, -0.15) is 0 Å². The number of halogens is 3. The normalized spacial score (nSPS) is 15.6. The Bertz CT molecular complexity index is 947. The molecule has 1 aliphatic heterocycles. The highest BCUT2D eigenvalue weighted by Crippen LogP contribution is 2.33. The van der Waals surface area contributed by atoms with Crippen LogP contribution < -0.4 is 4.31 Å². The smallest absolute Gasteiger partial charge is 0.232 e. The maximum absolute atomic E-state index is 13.8. The maximum Gasteiger partial charge on any atom is 0.232 e. The zero-order chi connectivity index (χ0) is 20.3. The minimum absolute atomic E-state index is 0.0393. The predicted molar refractivity (Wildman–Crippen MR) is 114 cm³/mol. The molecule has 0 radical (unpaired) electrons. The van der Waals surface area contributed by atoms with Crippen molar-refractivity contribution in [1.82, 2.24) is 4.90 Å². The quantitative estimate of drug-likeness (QED) is 0.625. The van der Waals surface area contributed by atoms with Crippen LogP contribution in [0.3, 0.4) is 0 Å². The molecular weight excluding hydrogens is 422 g/mol. The molecular formula is C20H23Cl2FN2O2S. The van der Waals surface area contributed by atoms with Crippen molar-refractivity contribution in [3.05, 3.63) is 52.3 Å². The van der Waals surface area contributed by atoms with Gasteiger partial charge >= 0.3 is 0 Å². The first-order valence-corrected chi connectivity index (χ1v) is 11.8. The molecule has 0 saturated carbocycles. The summed E-state index contributed by atoms with van der Waals surface area (Å²) in [5.74, 6) is -0.529. The predicted octanol–water partition coefficient (Wildman–Crippen LogP) is 5.05. The first-order chi connectivity index (χ1) is 13.3. The van der Waals surface area contributed by atoms with Crippen LogP contribution in [0.5, 0.6) is 0 Å². The van der Waals surface area contributed by atoms with Crippen LogP contribution in [0.25, 0.3) is 11.1 Å². The number of benzene rings is 2. The first kappa shape index (κ1) is 21.4. The monoisotopic (exact) mass is 444 g/mol. The molecule has 28 heavy (non-hydrogen) atoms. The zero-order valence-corrected chi connectivity index (χ0v) is 18.0. The van der Waals surface area contributed by atoms with Gasteiger partial charge in [0.05, 0.1) is 22.0 Å². The van der Waals surface area contributed by atoms with Gasteiger partial charge in [0.2, 0.25) is 10.0 Å². The molecule has 1 fully saturated rings. The van der Waals surface area contributed by atoms with Crippen molar-refractivity contribution in [3.63, 3.8) is 0 Å². The summed E-state index contributed by atoms with van der Waals surface area (Å²) < 4.78 is 39.9. The Labute approximate surface area is 175 Å². The van der Waals surface area contributed by atoms with Gasteiger partial charge in [-0.1, -0.05) is 41.8 Å². The van der Waals surface area contributed by atoms with E-state index in [1.54, 1.807) is 24.3 Å². The Hall–Kier alpha value is -1.34. The summed E-state index contributed by atoms with van der Waals surface area (Å²) in [5, 5.41) is 0.392. The molecule has 0 spiro atoms. The largest absolute Gasteiger partial charge is 0.302 e. The highest BCUT2D eigenvalue weighted by atomic mass is 35.5. The number of rotatable bonds is 6. The summed E-state index contributed by atoms with van der Waals surface area (Å²) >= 11 is 12.2. The van der Waals surface area contributed by atoms with Crippen molar-refractivity contribution in [2.45, 2.75) is 19.3 Å². The van der Waals surface area contributed by atoms with E-state index in [0.29, 0.717) is 34.9 Å². The summed E-state index contributed by atoms with van der Waals surface area (Å²) in [6.45, 7) is 3.04. The molecule has 2 aromatic rings. The van der Waals surface area contributed by atoms with Gasteiger partial charge in [-0.25, -0.2) is 12.8 Å². The average Bonchev–Trinajstić information content (AvgIpc) is 2.64. The molecule has 0 atom stereocenters. The molecule has 0 amide bonds. The van der Waals surface area contributed by atoms with Gasteiger partial charge < -0.3 is 4.90 Å². The number of likely N-dealkylation sites (tertiary alicyclic amines) is 1. The van der Waals surface area contributed by atoms with Crippen LogP contribution in [0.15, 0.2) is 36.4 Å². The molecule has 0 unspecified atom stereocenters. The van der Waals surface area contributed by atoms with E-state index in [9.17, 15) is 12.8 Å². The van der Waals surface area contributed by atoms with Crippen molar-refractivity contribution < 1.29 is 12.8 Å². The van der Waals surface area contributed by atoms with Gasteiger partial charge in [0.25, 0.3) is 0 Å². The highest BCUT2D eigenvalue weighted by Gasteiger charge is 2.20. The van der Waals surface area contributed by atoms with E-state index in [0.717, 1.165) is 25.9 Å². The van der Waals surface area contributed by atoms with E-state index in [1.807, 2.05) is 0 Å². The van der Waals surface area contributed by atoms with Crippen LogP contribution in [0.4, 0.5) is 10.1 Å². The van der Waals surface area contributed by atoms with E-state index in [1.165, 1.54) is 29.1 Å². The van der Waals surface area contributed by atoms with Crippen molar-refractivity contribution in [2.75, 3.05) is 36.7 Å². The van der Waals surface area contributed by atoms with E-state index in [-0.39, 0.29) is 5.02 Å². The third kappa shape index (κ3) is 5.17. The van der Waals surface area contributed by atoms with E-state index in [2.05, 4.69) is 4.90 Å². The van der Waals surface area contributed by atoms with Crippen LogP contribution >= 0.6 is 23.2 Å². The lowest BCUT2D eigenvalue weighted by atomic mass is 10.1. The maximum atomic E-state index is 13.8. The molecule has 1 aliphatic rings. The molecule has 0 aliphatic carbocycles. The highest BCUT2D eigenvalue weighted by molar-refractivity contribution is 7.92. The standard InChI is InChI=1S/C20H23Cl2FN2O2S/c1-28(26,27)25(12-11-24-9-3-2-4-10-24)16-6-7-17(19(22)14-16)15-5-8-18(21)20(23)13-15/h5-8,13-14H,2-4,9-12H2,1H3. The van der Waals surface area contributed by atoms with Gasteiger partial charge in [0.1, 0.15) is 5.82 Å². The Morgan fingerprint density at radius 3 is 2.36 bits per heavy atom. The van der Waals surface area contributed by atoms with Crippen molar-refractivity contribution in [1.29, 1.82) is 0 Å². The first-order valence-electron chi connectivity index (χ1n) is 9.21. The average molecular weight is 445 g/mol. The van der Waals surface area contributed by atoms with Crippen LogP contribution in [0, 0.1) is 5.82 Å². The van der Waals surface area contributed by atoms with E-state index < -0.39 is 15.8 Å². The lowest BCUT2D eigenvalue weighted by Gasteiger charge is -2.30. The molecule has 1 saturated heterocycles. The Balaban J connectivity index is 1.84. The van der Waals surface area contributed by atoms with Gasteiger partial charge in [0, 0.05) is 18.7 Å². The molecule has 152 valence electrons. The summed E-state index contributed by atoms with van der Waals surface area (Å²) in [6, 6.07) is 9.48. The van der Waals surface area contributed by atoms with Gasteiger partial charge in [-0.05, 0) is 55.8 Å². The molecule has 0 aromatic heterocycles. The lowest BCUT2D eigenvalue weighted by molar-refractivity contribution is 0.235. The SMILES string of the molecule is CS(=O)(=O)N(CCN1CCCCC1)c1ccc(-c2ccc(Cl)c(F)c2)c(Cl)c1. The number of anilines is 1. The minimum atomic E-state index is -3.45. The van der Waals surface area contributed by atoms with E-state index >= 15 is 0 Å². The lowest BCUT2D eigenvalue weighted by Crippen LogP contribution is -2.40. The molecule has 2 aromatic carbocycles. The second-order valence-electron chi connectivity index (χ2n) is 7.03. The molecule has 1 heterocycles. The van der Waals surface area contributed by atoms with Crippen LogP contribution in [-0.2, 0) is 10.0 Å². The minimum Gasteiger partial charge on any atom is -0.302 e. The summed E-state index contributed by atoms with van der Waals surface area (Å²) in [5.41, 5.74) is 1.70. The fourth-order valence-corrected chi connectivity index (χ4v) is 4.77. The third-order valence-corrected chi connectivity index (χ3v) is 6.75. The number of sulfonamides is 1. The Morgan fingerprint density at radius 2 is 1.75 bits per heavy atom. The summed E-state index contributed by atoms with van der Waals surface area (Å²) in [7, 11) is -3.45.